The lowest BCUT2D eigenvalue weighted by Gasteiger charge is -2.23. The molecule has 0 spiro atoms. The molecule has 0 aliphatic heterocycles. The van der Waals surface area contributed by atoms with E-state index >= 15 is 0 Å². The minimum atomic E-state index is -0.0464. The molecule has 0 aromatic rings. The van der Waals surface area contributed by atoms with Crippen molar-refractivity contribution in [1.82, 2.24) is 4.90 Å². The van der Waals surface area contributed by atoms with Gasteiger partial charge in [0.05, 0.1) is 6.42 Å². The fourth-order valence-electron chi connectivity index (χ4n) is 1.83. The zero-order valence-corrected chi connectivity index (χ0v) is 8.38. The Morgan fingerprint density at radius 3 is 2.31 bits per heavy atom. The Morgan fingerprint density at radius 1 is 1.31 bits per heavy atom. The van der Waals surface area contributed by atoms with E-state index in [-0.39, 0.29) is 18.1 Å². The van der Waals surface area contributed by atoms with Gasteiger partial charge in [0.2, 0.25) is 5.91 Å². The summed E-state index contributed by atoms with van der Waals surface area (Å²) in [6, 6.07) is 0.381. The molecule has 0 atom stereocenters. The first-order valence-electron chi connectivity index (χ1n) is 4.86. The van der Waals surface area contributed by atoms with Crippen LogP contribution in [0.4, 0.5) is 0 Å². The molecule has 1 aliphatic rings. The van der Waals surface area contributed by atoms with Crippen molar-refractivity contribution in [3.05, 3.63) is 0 Å². The third-order valence-electron chi connectivity index (χ3n) is 2.67. The van der Waals surface area contributed by atoms with Crippen LogP contribution in [0.1, 0.15) is 39.0 Å². The zero-order chi connectivity index (χ0) is 9.84. The van der Waals surface area contributed by atoms with Gasteiger partial charge in [-0.15, -0.1) is 0 Å². The van der Waals surface area contributed by atoms with Gasteiger partial charge >= 0.3 is 0 Å². The topological polar surface area (TPSA) is 37.4 Å². The molecule has 0 heterocycles. The Morgan fingerprint density at radius 2 is 1.85 bits per heavy atom. The second-order valence-corrected chi connectivity index (χ2v) is 3.82. The second kappa shape index (κ2) is 4.40. The molecule has 1 saturated carbocycles. The Kier molecular flexibility index (Phi) is 3.46. The lowest BCUT2D eigenvalue weighted by molar-refractivity contribution is -0.135. The highest BCUT2D eigenvalue weighted by Gasteiger charge is 2.23. The third kappa shape index (κ3) is 2.83. The number of amides is 1. The minimum Gasteiger partial charge on any atom is -0.342 e. The largest absolute Gasteiger partial charge is 0.342 e. The fraction of sp³-hybridized carbons (Fsp3) is 0.800. The number of hydrogen-bond acceptors (Lipinski definition) is 2. The van der Waals surface area contributed by atoms with E-state index < -0.39 is 0 Å². The minimum absolute atomic E-state index is 0.0283. The quantitative estimate of drug-likeness (QED) is 0.620. The Labute approximate surface area is 79.1 Å². The van der Waals surface area contributed by atoms with E-state index in [2.05, 4.69) is 0 Å². The van der Waals surface area contributed by atoms with Crippen LogP contribution in [0.2, 0.25) is 0 Å². The van der Waals surface area contributed by atoms with E-state index in [1.165, 1.54) is 19.8 Å². The Balaban J connectivity index is 2.41. The smallest absolute Gasteiger partial charge is 0.229 e. The van der Waals surface area contributed by atoms with Gasteiger partial charge in [0.1, 0.15) is 5.78 Å². The molecule has 0 saturated heterocycles. The average Bonchev–Trinajstić information content (AvgIpc) is 2.53. The van der Waals surface area contributed by atoms with Gasteiger partial charge in [0.15, 0.2) is 0 Å². The molecule has 0 aromatic heterocycles. The molecular weight excluding hydrogens is 166 g/mol. The molecule has 74 valence electrons. The number of Topliss-reactive ketones (excluding diaryl/α,β-unsaturated/α-hetero) is 1. The number of hydrogen-bond donors (Lipinski definition) is 0. The van der Waals surface area contributed by atoms with E-state index in [1.54, 1.807) is 11.9 Å². The van der Waals surface area contributed by atoms with Gasteiger partial charge in [-0.25, -0.2) is 0 Å². The van der Waals surface area contributed by atoms with Crippen molar-refractivity contribution >= 4 is 11.7 Å². The van der Waals surface area contributed by atoms with Crippen molar-refractivity contribution in [2.24, 2.45) is 0 Å². The van der Waals surface area contributed by atoms with Gasteiger partial charge in [0, 0.05) is 13.1 Å². The van der Waals surface area contributed by atoms with Crippen molar-refractivity contribution in [3.63, 3.8) is 0 Å². The maximum atomic E-state index is 11.4. The summed E-state index contributed by atoms with van der Waals surface area (Å²) in [7, 11) is 1.81. The summed E-state index contributed by atoms with van der Waals surface area (Å²) < 4.78 is 0. The summed E-state index contributed by atoms with van der Waals surface area (Å²) in [6.07, 6.45) is 4.68. The van der Waals surface area contributed by atoms with Crippen LogP contribution in [0.5, 0.6) is 0 Å². The van der Waals surface area contributed by atoms with E-state index in [4.69, 9.17) is 0 Å². The number of rotatable bonds is 3. The van der Waals surface area contributed by atoms with Crippen LogP contribution in [-0.2, 0) is 9.59 Å². The lowest BCUT2D eigenvalue weighted by atomic mass is 10.2. The highest BCUT2D eigenvalue weighted by molar-refractivity contribution is 5.96. The van der Waals surface area contributed by atoms with E-state index in [9.17, 15) is 9.59 Å². The van der Waals surface area contributed by atoms with Gasteiger partial charge in [0.25, 0.3) is 0 Å². The Hall–Kier alpha value is -0.860. The first-order valence-corrected chi connectivity index (χ1v) is 4.86. The van der Waals surface area contributed by atoms with Crippen molar-refractivity contribution in [1.29, 1.82) is 0 Å². The second-order valence-electron chi connectivity index (χ2n) is 3.82. The van der Waals surface area contributed by atoms with Crippen LogP contribution in [-0.4, -0.2) is 29.7 Å². The first kappa shape index (κ1) is 10.2. The maximum absolute atomic E-state index is 11.4. The molecule has 1 fully saturated rings. The van der Waals surface area contributed by atoms with Crippen molar-refractivity contribution in [2.45, 2.75) is 45.1 Å². The molecule has 0 N–H and O–H groups in total. The van der Waals surface area contributed by atoms with Crippen LogP contribution in [0.15, 0.2) is 0 Å². The van der Waals surface area contributed by atoms with E-state index in [0.717, 1.165) is 12.8 Å². The molecule has 0 unspecified atom stereocenters. The molecular formula is C10H17NO2. The highest BCUT2D eigenvalue weighted by atomic mass is 16.2. The van der Waals surface area contributed by atoms with Crippen molar-refractivity contribution in [2.75, 3.05) is 7.05 Å². The number of carbonyl (C=O) groups is 2. The van der Waals surface area contributed by atoms with Crippen molar-refractivity contribution < 1.29 is 9.59 Å². The normalized spacial score (nSPS) is 17.4. The summed E-state index contributed by atoms with van der Waals surface area (Å²) in [5, 5.41) is 0. The van der Waals surface area contributed by atoms with Crippen LogP contribution >= 0.6 is 0 Å². The van der Waals surface area contributed by atoms with Crippen LogP contribution in [0, 0.1) is 0 Å². The monoisotopic (exact) mass is 183 g/mol. The van der Waals surface area contributed by atoms with Gasteiger partial charge in [-0.1, -0.05) is 12.8 Å². The molecule has 3 nitrogen and oxygen atoms in total. The SMILES string of the molecule is CC(=O)CC(=O)N(C)C1CCCC1. The average molecular weight is 183 g/mol. The van der Waals surface area contributed by atoms with Gasteiger partial charge in [-0.05, 0) is 19.8 Å². The first-order chi connectivity index (χ1) is 6.11. The van der Waals surface area contributed by atoms with Gasteiger partial charge < -0.3 is 4.90 Å². The molecule has 13 heavy (non-hydrogen) atoms. The standard InChI is InChI=1S/C10H17NO2/c1-8(12)7-10(13)11(2)9-5-3-4-6-9/h9H,3-7H2,1-2H3. The summed E-state index contributed by atoms with van der Waals surface area (Å²) in [4.78, 5) is 23.9. The molecule has 0 bridgehead atoms. The van der Waals surface area contributed by atoms with Crippen LogP contribution < -0.4 is 0 Å². The van der Waals surface area contributed by atoms with Crippen LogP contribution in [0.3, 0.4) is 0 Å². The van der Waals surface area contributed by atoms with E-state index in [0.29, 0.717) is 6.04 Å². The fourth-order valence-corrected chi connectivity index (χ4v) is 1.83. The summed E-state index contributed by atoms with van der Waals surface area (Å²) >= 11 is 0. The number of ketones is 1. The van der Waals surface area contributed by atoms with Gasteiger partial charge in [-0.3, -0.25) is 9.59 Å². The molecule has 1 aliphatic carbocycles. The van der Waals surface area contributed by atoms with Gasteiger partial charge in [-0.2, -0.15) is 0 Å². The zero-order valence-electron chi connectivity index (χ0n) is 8.38. The van der Waals surface area contributed by atoms with Crippen molar-refractivity contribution in [3.8, 4) is 0 Å². The summed E-state index contributed by atoms with van der Waals surface area (Å²) in [6.45, 7) is 1.46. The molecule has 0 radical (unpaired) electrons. The number of nitrogens with zero attached hydrogens (tertiary/aromatic N) is 1. The predicted molar refractivity (Wildman–Crippen MR) is 50.3 cm³/mol. The lowest BCUT2D eigenvalue weighted by Crippen LogP contribution is -2.35. The van der Waals surface area contributed by atoms with E-state index in [1.807, 2.05) is 0 Å². The highest BCUT2D eigenvalue weighted by Crippen LogP contribution is 2.22. The molecule has 3 heteroatoms. The third-order valence-corrected chi connectivity index (χ3v) is 2.67. The predicted octanol–water partition coefficient (Wildman–Crippen LogP) is 1.37. The van der Waals surface area contributed by atoms with Crippen LogP contribution in [0.25, 0.3) is 0 Å². The molecule has 1 rings (SSSR count). The molecule has 0 aromatic carbocycles. The molecule has 1 amide bonds. The number of carbonyl (C=O) groups excluding carboxylic acids is 2. The Bertz CT molecular complexity index is 207. The summed E-state index contributed by atoms with van der Waals surface area (Å²) in [5.74, 6) is -0.0748. The maximum Gasteiger partial charge on any atom is 0.229 e. The summed E-state index contributed by atoms with van der Waals surface area (Å²) in [5.41, 5.74) is 0.